The van der Waals surface area contributed by atoms with Gasteiger partial charge in [0.1, 0.15) is 11.6 Å². The van der Waals surface area contributed by atoms with Gasteiger partial charge in [-0.2, -0.15) is 0 Å². The molecular weight excluding hydrogens is 284 g/mol. The molecule has 0 saturated heterocycles. The molecule has 1 aromatic carbocycles. The lowest BCUT2D eigenvalue weighted by Crippen LogP contribution is -2.17. The van der Waals surface area contributed by atoms with E-state index in [4.69, 9.17) is 9.15 Å². The van der Waals surface area contributed by atoms with Crippen molar-refractivity contribution in [2.24, 2.45) is 0 Å². The number of allylic oxidation sites excluding steroid dienone is 2. The summed E-state index contributed by atoms with van der Waals surface area (Å²) in [5.41, 5.74) is -0.554. The zero-order valence-corrected chi connectivity index (χ0v) is 10.6. The zero-order chi connectivity index (χ0) is 15.1. The van der Waals surface area contributed by atoms with Gasteiger partial charge in [0.2, 0.25) is 23.2 Å². The van der Waals surface area contributed by atoms with Crippen LogP contribution in [0.4, 0.5) is 8.78 Å². The fourth-order valence-electron chi connectivity index (χ4n) is 1.94. The molecule has 1 aliphatic rings. The molecule has 1 heterocycles. The Hall–Kier alpha value is -2.83. The van der Waals surface area contributed by atoms with Crippen LogP contribution in [0.1, 0.15) is 21.0 Å². The molecule has 0 saturated carbocycles. The minimum absolute atomic E-state index is 0.188. The van der Waals surface area contributed by atoms with E-state index in [0.717, 1.165) is 24.3 Å². The van der Waals surface area contributed by atoms with E-state index in [9.17, 15) is 18.4 Å². The fraction of sp³-hybridized carbons (Fsp3) is 0.0714. The van der Waals surface area contributed by atoms with Crippen LogP contribution in [-0.2, 0) is 4.74 Å². The summed E-state index contributed by atoms with van der Waals surface area (Å²) in [4.78, 5) is 27.5. The summed E-state index contributed by atoms with van der Waals surface area (Å²) in [5, 5.41) is 0. The van der Waals surface area contributed by atoms with Gasteiger partial charge in [0.05, 0.1) is 12.7 Å². The number of aromatic nitrogens is 1. The Morgan fingerprint density at radius 3 is 2.71 bits per heavy atom. The van der Waals surface area contributed by atoms with Crippen LogP contribution in [0.25, 0.3) is 11.5 Å². The quantitative estimate of drug-likeness (QED) is 0.850. The fourth-order valence-corrected chi connectivity index (χ4v) is 1.94. The largest absolute Gasteiger partial charge is 0.492 e. The second-order valence-electron chi connectivity index (χ2n) is 4.23. The number of carbonyl (C=O) groups is 2. The minimum Gasteiger partial charge on any atom is -0.492 e. The number of benzene rings is 1. The third-order valence-electron chi connectivity index (χ3n) is 2.93. The summed E-state index contributed by atoms with van der Waals surface area (Å²) in [5.74, 6) is -3.61. The van der Waals surface area contributed by atoms with E-state index >= 15 is 0 Å². The van der Waals surface area contributed by atoms with E-state index in [-0.39, 0.29) is 28.7 Å². The molecule has 5 nitrogen and oxygen atoms in total. The van der Waals surface area contributed by atoms with Gasteiger partial charge in [-0.25, -0.2) is 13.8 Å². The maximum atomic E-state index is 13.7. The SMILES string of the molecule is COC1=CC(=O)c2oc(-c3cc(F)ccc3F)nc2C1=O. The highest BCUT2D eigenvalue weighted by Gasteiger charge is 2.33. The average Bonchev–Trinajstić information content (AvgIpc) is 2.91. The van der Waals surface area contributed by atoms with Crippen molar-refractivity contribution < 1.29 is 27.5 Å². The van der Waals surface area contributed by atoms with E-state index in [0.29, 0.717) is 0 Å². The van der Waals surface area contributed by atoms with E-state index in [2.05, 4.69) is 4.98 Å². The first-order valence-corrected chi connectivity index (χ1v) is 5.82. The lowest BCUT2D eigenvalue weighted by molar-refractivity contribution is 0.0902. The van der Waals surface area contributed by atoms with Crippen LogP contribution in [0.5, 0.6) is 0 Å². The second-order valence-corrected chi connectivity index (χ2v) is 4.23. The minimum atomic E-state index is -0.783. The molecule has 0 N–H and O–H groups in total. The average molecular weight is 291 g/mol. The number of carbonyl (C=O) groups excluding carboxylic acids is 2. The molecule has 1 aliphatic carbocycles. The molecule has 0 fully saturated rings. The number of nitrogens with zero attached hydrogens (tertiary/aromatic N) is 1. The summed E-state index contributed by atoms with van der Waals surface area (Å²) >= 11 is 0. The van der Waals surface area contributed by atoms with Crippen molar-refractivity contribution in [3.63, 3.8) is 0 Å². The maximum absolute atomic E-state index is 13.7. The number of hydrogen-bond donors (Lipinski definition) is 0. The highest BCUT2D eigenvalue weighted by atomic mass is 19.1. The van der Waals surface area contributed by atoms with Gasteiger partial charge in [0.25, 0.3) is 0 Å². The normalized spacial score (nSPS) is 14.0. The van der Waals surface area contributed by atoms with Crippen molar-refractivity contribution in [2.75, 3.05) is 7.11 Å². The first-order chi connectivity index (χ1) is 10.0. The number of methoxy groups -OCH3 is 1. The molecule has 0 unspecified atom stereocenters. The van der Waals surface area contributed by atoms with Gasteiger partial charge >= 0.3 is 0 Å². The standard InChI is InChI=1S/C14H7F2NO4/c1-20-10-5-9(18)13-11(12(10)19)17-14(21-13)7-4-6(15)2-3-8(7)16/h2-5H,1H3. The van der Waals surface area contributed by atoms with Crippen LogP contribution in [0, 0.1) is 11.6 Å². The number of rotatable bonds is 2. The lowest BCUT2D eigenvalue weighted by atomic mass is 10.1. The molecule has 0 amide bonds. The topological polar surface area (TPSA) is 69.4 Å². The highest BCUT2D eigenvalue weighted by molar-refractivity contribution is 6.21. The molecule has 3 rings (SSSR count). The first-order valence-electron chi connectivity index (χ1n) is 5.82. The Bertz CT molecular complexity index is 807. The predicted octanol–water partition coefficient (Wildman–Crippen LogP) is 2.53. The van der Waals surface area contributed by atoms with Crippen LogP contribution < -0.4 is 0 Å². The summed E-state index contributed by atoms with van der Waals surface area (Å²) in [6, 6.07) is 2.70. The summed E-state index contributed by atoms with van der Waals surface area (Å²) < 4.78 is 36.7. The van der Waals surface area contributed by atoms with Crippen LogP contribution in [0.3, 0.4) is 0 Å². The molecule has 0 spiro atoms. The maximum Gasteiger partial charge on any atom is 0.250 e. The van der Waals surface area contributed by atoms with Gasteiger partial charge < -0.3 is 9.15 Å². The van der Waals surface area contributed by atoms with Gasteiger partial charge in [-0.3, -0.25) is 9.59 Å². The van der Waals surface area contributed by atoms with Crippen molar-refractivity contribution in [3.05, 3.63) is 53.1 Å². The molecule has 106 valence electrons. The first kappa shape index (κ1) is 13.2. The Morgan fingerprint density at radius 2 is 2.00 bits per heavy atom. The Balaban J connectivity index is 2.15. The van der Waals surface area contributed by atoms with Crippen LogP contribution in [0.15, 0.2) is 34.5 Å². The van der Waals surface area contributed by atoms with Gasteiger partial charge in [0.15, 0.2) is 11.5 Å². The van der Waals surface area contributed by atoms with E-state index in [1.165, 1.54) is 7.11 Å². The van der Waals surface area contributed by atoms with Crippen molar-refractivity contribution in [2.45, 2.75) is 0 Å². The number of halogens is 2. The second kappa shape index (κ2) is 4.62. The smallest absolute Gasteiger partial charge is 0.250 e. The number of fused-ring (bicyclic) bond motifs is 1. The van der Waals surface area contributed by atoms with Crippen molar-refractivity contribution in [1.82, 2.24) is 4.98 Å². The third kappa shape index (κ3) is 2.03. The van der Waals surface area contributed by atoms with Crippen molar-refractivity contribution in [1.29, 1.82) is 0 Å². The zero-order valence-electron chi connectivity index (χ0n) is 10.6. The summed E-state index contributed by atoms with van der Waals surface area (Å²) in [6.45, 7) is 0. The molecule has 0 aliphatic heterocycles. The Morgan fingerprint density at radius 1 is 1.24 bits per heavy atom. The molecule has 1 aromatic heterocycles. The van der Waals surface area contributed by atoms with Gasteiger partial charge in [0, 0.05) is 6.08 Å². The Labute approximate surface area is 116 Å². The molecule has 0 bridgehead atoms. The number of ether oxygens (including phenoxy) is 1. The Kier molecular flexibility index (Phi) is 2.90. The molecule has 0 atom stereocenters. The van der Waals surface area contributed by atoms with E-state index in [1.807, 2.05) is 0 Å². The molecule has 21 heavy (non-hydrogen) atoms. The van der Waals surface area contributed by atoms with Crippen LogP contribution in [0.2, 0.25) is 0 Å². The lowest BCUT2D eigenvalue weighted by Gasteiger charge is -2.06. The predicted molar refractivity (Wildman–Crippen MR) is 65.6 cm³/mol. The van der Waals surface area contributed by atoms with Crippen molar-refractivity contribution >= 4 is 11.6 Å². The summed E-state index contributed by atoms with van der Waals surface area (Å²) in [7, 11) is 1.23. The molecule has 0 radical (unpaired) electrons. The third-order valence-corrected chi connectivity index (χ3v) is 2.93. The number of hydrogen-bond acceptors (Lipinski definition) is 5. The van der Waals surface area contributed by atoms with Gasteiger partial charge in [-0.05, 0) is 18.2 Å². The van der Waals surface area contributed by atoms with Gasteiger partial charge in [-0.1, -0.05) is 0 Å². The van der Waals surface area contributed by atoms with Crippen LogP contribution in [-0.4, -0.2) is 23.7 Å². The molecular formula is C14H7F2NO4. The highest BCUT2D eigenvalue weighted by Crippen LogP contribution is 2.29. The van der Waals surface area contributed by atoms with Crippen molar-refractivity contribution in [3.8, 4) is 11.5 Å². The molecule has 7 heteroatoms. The number of ketones is 2. The number of oxazole rings is 1. The van der Waals surface area contributed by atoms with E-state index < -0.39 is 23.2 Å². The van der Waals surface area contributed by atoms with E-state index in [1.54, 1.807) is 0 Å². The van der Waals surface area contributed by atoms with Gasteiger partial charge in [-0.15, -0.1) is 0 Å². The van der Waals surface area contributed by atoms with Crippen LogP contribution >= 0.6 is 0 Å². The monoisotopic (exact) mass is 291 g/mol. The number of Topliss-reactive ketones (excluding diaryl/α,β-unsaturated/α-hetero) is 1. The molecule has 2 aromatic rings. The summed E-state index contributed by atoms with van der Waals surface area (Å²) in [6.07, 6.45) is 0.960.